The number of hydrogen-bond donors (Lipinski definition) is 1. The van der Waals surface area contributed by atoms with E-state index in [1.807, 2.05) is 6.07 Å². The molecule has 0 bridgehead atoms. The van der Waals surface area contributed by atoms with Gasteiger partial charge in [0.1, 0.15) is 0 Å². The SMILES string of the molecule is COc1cc(C#N)ccc1OCC(=O)NCC1(c2ccccc2)CCCC1. The van der Waals surface area contributed by atoms with Crippen molar-refractivity contribution in [3.63, 3.8) is 0 Å². The highest BCUT2D eigenvalue weighted by molar-refractivity contribution is 5.77. The molecule has 0 atom stereocenters. The Labute approximate surface area is 159 Å². The van der Waals surface area contributed by atoms with E-state index in [2.05, 4.69) is 35.7 Å². The lowest BCUT2D eigenvalue weighted by atomic mass is 9.79. The van der Waals surface area contributed by atoms with E-state index in [9.17, 15) is 4.79 Å². The van der Waals surface area contributed by atoms with E-state index in [0.29, 0.717) is 23.6 Å². The number of carbonyl (C=O) groups is 1. The number of nitrogens with zero attached hydrogens (tertiary/aromatic N) is 1. The van der Waals surface area contributed by atoms with Gasteiger partial charge < -0.3 is 14.8 Å². The third kappa shape index (κ3) is 4.40. The number of amides is 1. The van der Waals surface area contributed by atoms with E-state index in [-0.39, 0.29) is 17.9 Å². The molecule has 1 fully saturated rings. The molecule has 1 saturated carbocycles. The maximum atomic E-state index is 12.3. The molecule has 140 valence electrons. The number of methoxy groups -OCH3 is 1. The molecular formula is C22H24N2O3. The van der Waals surface area contributed by atoms with Crippen molar-refractivity contribution in [1.82, 2.24) is 5.32 Å². The van der Waals surface area contributed by atoms with Gasteiger partial charge in [0.05, 0.1) is 18.7 Å². The Morgan fingerprint density at radius 2 is 1.89 bits per heavy atom. The van der Waals surface area contributed by atoms with Crippen molar-refractivity contribution in [3.05, 3.63) is 59.7 Å². The number of ether oxygens (including phenoxy) is 2. The molecule has 0 saturated heterocycles. The summed E-state index contributed by atoms with van der Waals surface area (Å²) in [5.74, 6) is 0.729. The van der Waals surface area contributed by atoms with E-state index in [1.54, 1.807) is 18.2 Å². The van der Waals surface area contributed by atoms with Crippen LogP contribution in [0.25, 0.3) is 0 Å². The van der Waals surface area contributed by atoms with Crippen LogP contribution in [0, 0.1) is 11.3 Å². The highest BCUT2D eigenvalue weighted by Crippen LogP contribution is 2.40. The highest BCUT2D eigenvalue weighted by atomic mass is 16.5. The third-order valence-corrected chi connectivity index (χ3v) is 5.22. The van der Waals surface area contributed by atoms with E-state index in [0.717, 1.165) is 12.8 Å². The molecule has 5 heteroatoms. The molecule has 3 rings (SSSR count). The van der Waals surface area contributed by atoms with Crippen molar-refractivity contribution in [2.75, 3.05) is 20.3 Å². The maximum Gasteiger partial charge on any atom is 0.257 e. The molecule has 0 aromatic heterocycles. The first-order chi connectivity index (χ1) is 13.2. The van der Waals surface area contributed by atoms with Crippen LogP contribution >= 0.6 is 0 Å². The van der Waals surface area contributed by atoms with Crippen molar-refractivity contribution in [1.29, 1.82) is 5.26 Å². The van der Waals surface area contributed by atoms with E-state index < -0.39 is 0 Å². The van der Waals surface area contributed by atoms with Crippen molar-refractivity contribution in [2.24, 2.45) is 0 Å². The second kappa shape index (κ2) is 8.59. The van der Waals surface area contributed by atoms with Gasteiger partial charge in [0.25, 0.3) is 5.91 Å². The Hall–Kier alpha value is -3.00. The number of nitrogens with one attached hydrogen (secondary N) is 1. The van der Waals surface area contributed by atoms with Crippen LogP contribution in [-0.2, 0) is 10.2 Å². The van der Waals surface area contributed by atoms with Gasteiger partial charge in [-0.2, -0.15) is 5.26 Å². The average molecular weight is 364 g/mol. The van der Waals surface area contributed by atoms with Gasteiger partial charge in [0.15, 0.2) is 18.1 Å². The zero-order valence-corrected chi connectivity index (χ0v) is 15.5. The van der Waals surface area contributed by atoms with Gasteiger partial charge in [0.2, 0.25) is 0 Å². The maximum absolute atomic E-state index is 12.3. The zero-order valence-electron chi connectivity index (χ0n) is 15.5. The predicted octanol–water partition coefficient (Wildman–Crippen LogP) is 3.57. The molecule has 1 aliphatic rings. The average Bonchev–Trinajstić information content (AvgIpc) is 3.21. The Morgan fingerprint density at radius 3 is 2.56 bits per heavy atom. The molecule has 0 aliphatic heterocycles. The quantitative estimate of drug-likeness (QED) is 0.815. The molecule has 1 amide bonds. The minimum absolute atomic E-state index is 0.0169. The van der Waals surface area contributed by atoms with Gasteiger partial charge in [-0.25, -0.2) is 0 Å². The molecule has 2 aromatic carbocycles. The van der Waals surface area contributed by atoms with Crippen LogP contribution in [0.5, 0.6) is 11.5 Å². The number of carbonyl (C=O) groups excluding carboxylic acids is 1. The summed E-state index contributed by atoms with van der Waals surface area (Å²) in [4.78, 5) is 12.3. The number of hydrogen-bond acceptors (Lipinski definition) is 4. The number of rotatable bonds is 7. The van der Waals surface area contributed by atoms with Crippen LogP contribution < -0.4 is 14.8 Å². The van der Waals surface area contributed by atoms with Crippen LogP contribution in [0.4, 0.5) is 0 Å². The molecule has 2 aromatic rings. The van der Waals surface area contributed by atoms with Gasteiger partial charge in [-0.15, -0.1) is 0 Å². The van der Waals surface area contributed by atoms with Crippen LogP contribution in [0.15, 0.2) is 48.5 Å². The number of nitriles is 1. The van der Waals surface area contributed by atoms with Crippen molar-refractivity contribution in [3.8, 4) is 17.6 Å². The van der Waals surface area contributed by atoms with Crippen molar-refractivity contribution < 1.29 is 14.3 Å². The molecule has 27 heavy (non-hydrogen) atoms. The summed E-state index contributed by atoms with van der Waals surface area (Å²) < 4.78 is 10.8. The largest absolute Gasteiger partial charge is 0.493 e. The summed E-state index contributed by atoms with van der Waals surface area (Å²) in [6.45, 7) is 0.525. The minimum atomic E-state index is -0.163. The van der Waals surface area contributed by atoms with Crippen LogP contribution in [0.1, 0.15) is 36.8 Å². The summed E-state index contributed by atoms with van der Waals surface area (Å²) in [7, 11) is 1.51. The molecule has 0 unspecified atom stereocenters. The normalized spacial score (nSPS) is 15.0. The van der Waals surface area contributed by atoms with Gasteiger partial charge >= 0.3 is 0 Å². The summed E-state index contributed by atoms with van der Waals surface area (Å²) in [6, 6.07) is 17.3. The second-order valence-electron chi connectivity index (χ2n) is 6.90. The van der Waals surface area contributed by atoms with Gasteiger partial charge in [-0.3, -0.25) is 4.79 Å². The lowest BCUT2D eigenvalue weighted by Gasteiger charge is -2.30. The van der Waals surface area contributed by atoms with Crippen molar-refractivity contribution in [2.45, 2.75) is 31.1 Å². The molecule has 1 aliphatic carbocycles. The van der Waals surface area contributed by atoms with Gasteiger partial charge in [-0.05, 0) is 30.5 Å². The first-order valence-electron chi connectivity index (χ1n) is 9.20. The molecule has 1 N–H and O–H groups in total. The van der Waals surface area contributed by atoms with E-state index >= 15 is 0 Å². The van der Waals surface area contributed by atoms with Crippen LogP contribution in [-0.4, -0.2) is 26.2 Å². The number of benzene rings is 2. The fourth-order valence-corrected chi connectivity index (χ4v) is 3.73. The van der Waals surface area contributed by atoms with Crippen LogP contribution in [0.3, 0.4) is 0 Å². The van der Waals surface area contributed by atoms with Gasteiger partial charge in [0, 0.05) is 18.0 Å². The Bertz CT molecular complexity index is 821. The van der Waals surface area contributed by atoms with E-state index in [1.165, 1.54) is 25.5 Å². The molecule has 5 nitrogen and oxygen atoms in total. The fraction of sp³-hybridized carbons (Fsp3) is 0.364. The lowest BCUT2D eigenvalue weighted by molar-refractivity contribution is -0.123. The minimum Gasteiger partial charge on any atom is -0.493 e. The summed E-state index contributed by atoms with van der Waals surface area (Å²) >= 11 is 0. The van der Waals surface area contributed by atoms with Crippen LogP contribution in [0.2, 0.25) is 0 Å². The topological polar surface area (TPSA) is 71.3 Å². The first-order valence-corrected chi connectivity index (χ1v) is 9.20. The monoisotopic (exact) mass is 364 g/mol. The standard InChI is InChI=1S/C22H24N2O3/c1-26-20-13-17(14-23)9-10-19(20)27-15-21(25)24-16-22(11-5-6-12-22)18-7-3-2-4-8-18/h2-4,7-10,13H,5-6,11-12,15-16H2,1H3,(H,24,25). The van der Waals surface area contributed by atoms with Gasteiger partial charge in [-0.1, -0.05) is 43.2 Å². The summed E-state index contributed by atoms with van der Waals surface area (Å²) in [6.07, 6.45) is 4.54. The van der Waals surface area contributed by atoms with Crippen molar-refractivity contribution >= 4 is 5.91 Å². The van der Waals surface area contributed by atoms with E-state index in [4.69, 9.17) is 14.7 Å². The fourth-order valence-electron chi connectivity index (χ4n) is 3.73. The Balaban J connectivity index is 1.59. The third-order valence-electron chi connectivity index (χ3n) is 5.22. The molecule has 0 spiro atoms. The zero-order chi connectivity index (χ0) is 19.1. The lowest BCUT2D eigenvalue weighted by Crippen LogP contribution is -2.40. The molecular weight excluding hydrogens is 340 g/mol. The predicted molar refractivity (Wildman–Crippen MR) is 103 cm³/mol. The summed E-state index contributed by atoms with van der Waals surface area (Å²) in [5.41, 5.74) is 1.79. The Morgan fingerprint density at radius 1 is 1.15 bits per heavy atom. The first kappa shape index (κ1) is 18.8. The highest BCUT2D eigenvalue weighted by Gasteiger charge is 2.35. The summed E-state index contributed by atoms with van der Waals surface area (Å²) in [5, 5.41) is 12.0. The second-order valence-corrected chi connectivity index (χ2v) is 6.90. The molecule has 0 heterocycles. The Kier molecular flexibility index (Phi) is 5.97. The molecule has 0 radical (unpaired) electrons. The smallest absolute Gasteiger partial charge is 0.257 e.